The number of nitro groups is 1. The zero-order chi connectivity index (χ0) is 16.2. The van der Waals surface area contributed by atoms with Crippen LogP contribution in [0.2, 0.25) is 0 Å². The van der Waals surface area contributed by atoms with E-state index < -0.39 is 20.9 Å². The Bertz CT molecular complexity index is 928. The summed E-state index contributed by atoms with van der Waals surface area (Å²) in [4.78, 5) is 10.2. The summed E-state index contributed by atoms with van der Waals surface area (Å²) in [5.74, 6) is 0. The van der Waals surface area contributed by atoms with E-state index in [0.717, 1.165) is 11.6 Å². The van der Waals surface area contributed by atoms with Crippen molar-refractivity contribution in [1.82, 2.24) is 0 Å². The number of non-ortho nitro benzene ring substituents is 1. The van der Waals surface area contributed by atoms with Gasteiger partial charge in [0.05, 0.1) is 11.0 Å². The summed E-state index contributed by atoms with van der Waals surface area (Å²) in [7, 11) is -2.15. The van der Waals surface area contributed by atoms with Gasteiger partial charge in [0.25, 0.3) is 5.69 Å². The second-order valence-corrected chi connectivity index (χ2v) is 7.07. The topological polar surface area (TPSA) is 43.1 Å². The molecule has 22 heavy (non-hydrogen) atoms. The number of benzene rings is 2. The first-order valence-electron chi connectivity index (χ1n) is 6.41. The number of thiophene rings is 1. The molecule has 1 aromatic heterocycles. The standard InChI is InChI=1S/C15H11F3NO2S/c1-8-5-9(2)14-12(6-8)11-4-3-10(19(20)21)7-13(11)22(14)15(16,17)18/h3-7H,1-2H3/q+1. The van der Waals surface area contributed by atoms with Crippen molar-refractivity contribution in [2.24, 2.45) is 0 Å². The van der Waals surface area contributed by atoms with Crippen molar-refractivity contribution in [3.63, 3.8) is 0 Å². The number of halogens is 3. The Morgan fingerprint density at radius 2 is 1.77 bits per heavy atom. The molecular weight excluding hydrogens is 315 g/mol. The van der Waals surface area contributed by atoms with Crippen molar-refractivity contribution < 1.29 is 18.1 Å². The Hall–Kier alpha value is -2.15. The molecule has 3 aromatic rings. The average Bonchev–Trinajstić information content (AvgIpc) is 2.72. The lowest BCUT2D eigenvalue weighted by atomic mass is 10.1. The van der Waals surface area contributed by atoms with Gasteiger partial charge in [-0.1, -0.05) is 6.07 Å². The van der Waals surface area contributed by atoms with Crippen LogP contribution in [0.4, 0.5) is 18.9 Å². The van der Waals surface area contributed by atoms with Crippen LogP contribution in [-0.2, 0) is 5.51 Å². The van der Waals surface area contributed by atoms with E-state index in [1.165, 1.54) is 12.1 Å². The maximum absolute atomic E-state index is 13.6. The molecule has 0 radical (unpaired) electrons. The first-order chi connectivity index (χ1) is 10.2. The number of fused-ring (bicyclic) bond motifs is 3. The molecule has 3 nitrogen and oxygen atoms in total. The van der Waals surface area contributed by atoms with Gasteiger partial charge in [-0.05, 0) is 31.5 Å². The highest BCUT2D eigenvalue weighted by atomic mass is 32.2. The predicted octanol–water partition coefficient (Wildman–Crippen LogP) is 5.74. The molecule has 0 aliphatic rings. The SMILES string of the molecule is Cc1cc(C)c2c(c1)c1ccc([N+](=O)[O-])cc1[s+]2C(F)(F)F. The first kappa shape index (κ1) is 14.8. The van der Waals surface area contributed by atoms with Gasteiger partial charge in [0.2, 0.25) is 0 Å². The number of alkyl halides is 3. The minimum atomic E-state index is -4.46. The Morgan fingerprint density at radius 3 is 2.36 bits per heavy atom. The average molecular weight is 326 g/mol. The number of nitrogens with zero attached hydrogens (tertiary/aromatic N) is 1. The third kappa shape index (κ3) is 2.12. The Kier molecular flexibility index (Phi) is 3.14. The molecule has 1 heterocycles. The molecule has 1 unspecified atom stereocenters. The van der Waals surface area contributed by atoms with Crippen LogP contribution < -0.4 is 0 Å². The van der Waals surface area contributed by atoms with E-state index >= 15 is 0 Å². The molecule has 0 fully saturated rings. The summed E-state index contributed by atoms with van der Waals surface area (Å²) in [5.41, 5.74) is -3.35. The van der Waals surface area contributed by atoms with E-state index in [1.54, 1.807) is 19.1 Å². The van der Waals surface area contributed by atoms with Gasteiger partial charge in [-0.25, -0.2) is 0 Å². The number of nitro benzene ring substituents is 1. The smallest absolute Gasteiger partial charge is 0.258 e. The zero-order valence-electron chi connectivity index (χ0n) is 11.7. The maximum atomic E-state index is 13.6. The second-order valence-electron chi connectivity index (χ2n) is 5.15. The largest absolute Gasteiger partial charge is 0.601 e. The lowest BCUT2D eigenvalue weighted by molar-refractivity contribution is -0.384. The molecular formula is C15H11F3NO2S+. The molecule has 0 bridgehead atoms. The van der Waals surface area contributed by atoms with Crippen molar-refractivity contribution in [2.45, 2.75) is 19.4 Å². The van der Waals surface area contributed by atoms with Crippen LogP contribution >= 0.6 is 10.5 Å². The summed E-state index contributed by atoms with van der Waals surface area (Å²) in [6.07, 6.45) is 0. The summed E-state index contributed by atoms with van der Waals surface area (Å²) < 4.78 is 40.9. The Balaban J connectivity index is 2.59. The minimum absolute atomic E-state index is 0.00889. The molecule has 0 aliphatic carbocycles. The van der Waals surface area contributed by atoms with Crippen LogP contribution in [0.5, 0.6) is 0 Å². The van der Waals surface area contributed by atoms with Gasteiger partial charge in [0, 0.05) is 22.4 Å². The van der Waals surface area contributed by atoms with E-state index in [0.29, 0.717) is 16.3 Å². The van der Waals surface area contributed by atoms with Gasteiger partial charge < -0.3 is 0 Å². The monoisotopic (exact) mass is 326 g/mol. The van der Waals surface area contributed by atoms with E-state index in [1.807, 2.05) is 6.92 Å². The highest BCUT2D eigenvalue weighted by molar-refractivity contribution is 7.44. The molecule has 0 saturated carbocycles. The van der Waals surface area contributed by atoms with Crippen LogP contribution in [0.3, 0.4) is 0 Å². The summed E-state index contributed by atoms with van der Waals surface area (Å²) in [6.45, 7) is 3.47. The van der Waals surface area contributed by atoms with Crippen LogP contribution in [-0.4, -0.2) is 4.92 Å². The molecule has 0 amide bonds. The van der Waals surface area contributed by atoms with Crippen molar-refractivity contribution in [1.29, 1.82) is 0 Å². The molecule has 0 saturated heterocycles. The van der Waals surface area contributed by atoms with Gasteiger partial charge in [0.1, 0.15) is 10.5 Å². The number of hydrogen-bond donors (Lipinski definition) is 0. The van der Waals surface area contributed by atoms with E-state index in [4.69, 9.17) is 0 Å². The molecule has 7 heteroatoms. The van der Waals surface area contributed by atoms with Crippen LogP contribution in [0, 0.1) is 24.0 Å². The molecule has 3 rings (SSSR count). The quantitative estimate of drug-likeness (QED) is 0.325. The fraction of sp³-hybridized carbons (Fsp3) is 0.200. The summed E-state index contributed by atoms with van der Waals surface area (Å²) >= 11 is 0. The summed E-state index contributed by atoms with van der Waals surface area (Å²) in [6, 6.07) is 7.16. The first-order valence-corrected chi connectivity index (χ1v) is 7.64. The van der Waals surface area contributed by atoms with E-state index in [2.05, 4.69) is 0 Å². The lowest BCUT2D eigenvalue weighted by Gasteiger charge is -2.00. The second kappa shape index (κ2) is 4.67. The van der Waals surface area contributed by atoms with Crippen LogP contribution in [0.1, 0.15) is 11.1 Å². The van der Waals surface area contributed by atoms with Crippen molar-refractivity contribution in [3.05, 3.63) is 51.6 Å². The van der Waals surface area contributed by atoms with Crippen LogP contribution in [0.15, 0.2) is 30.3 Å². The molecule has 0 spiro atoms. The third-order valence-electron chi connectivity index (χ3n) is 3.54. The Labute approximate surface area is 126 Å². The van der Waals surface area contributed by atoms with Crippen molar-refractivity contribution in [2.75, 3.05) is 0 Å². The summed E-state index contributed by atoms with van der Waals surface area (Å²) in [5, 5.41) is 11.8. The zero-order valence-corrected chi connectivity index (χ0v) is 12.5. The fourth-order valence-corrected chi connectivity index (χ4v) is 4.90. The van der Waals surface area contributed by atoms with Gasteiger partial charge in [-0.2, -0.15) is 0 Å². The number of hydrogen-bond acceptors (Lipinski definition) is 2. The van der Waals surface area contributed by atoms with Gasteiger partial charge in [-0.3, -0.25) is 10.1 Å². The number of rotatable bonds is 1. The Morgan fingerprint density at radius 1 is 1.09 bits per heavy atom. The van der Waals surface area contributed by atoms with Crippen molar-refractivity contribution in [3.8, 4) is 0 Å². The normalized spacial score (nSPS) is 13.0. The lowest BCUT2D eigenvalue weighted by Crippen LogP contribution is -1.96. The highest BCUT2D eigenvalue weighted by Gasteiger charge is 2.48. The maximum Gasteiger partial charge on any atom is 0.601 e. The van der Waals surface area contributed by atoms with Crippen molar-refractivity contribution >= 4 is 36.3 Å². The number of aryl methyl sites for hydroxylation is 2. The van der Waals surface area contributed by atoms with E-state index in [-0.39, 0.29) is 15.1 Å². The minimum Gasteiger partial charge on any atom is -0.258 e. The molecule has 0 N–H and O–H groups in total. The predicted molar refractivity (Wildman–Crippen MR) is 81.4 cm³/mol. The molecule has 0 aliphatic heterocycles. The fourth-order valence-electron chi connectivity index (χ4n) is 2.79. The van der Waals surface area contributed by atoms with Gasteiger partial charge in [0.15, 0.2) is 9.40 Å². The third-order valence-corrected chi connectivity index (χ3v) is 5.73. The van der Waals surface area contributed by atoms with Gasteiger partial charge >= 0.3 is 5.51 Å². The highest BCUT2D eigenvalue weighted by Crippen LogP contribution is 2.55. The molecule has 2 aromatic carbocycles. The van der Waals surface area contributed by atoms with Gasteiger partial charge in [-0.15, -0.1) is 13.2 Å². The molecule has 114 valence electrons. The van der Waals surface area contributed by atoms with Crippen LogP contribution in [0.25, 0.3) is 20.2 Å². The van der Waals surface area contributed by atoms with E-state index in [9.17, 15) is 23.3 Å². The molecule has 1 atom stereocenters.